The van der Waals surface area contributed by atoms with Crippen molar-refractivity contribution in [3.8, 4) is 0 Å². The quantitative estimate of drug-likeness (QED) is 0.622. The highest BCUT2D eigenvalue weighted by molar-refractivity contribution is 5.21. The Morgan fingerprint density at radius 3 is 2.53 bits per heavy atom. The maximum Gasteiger partial charge on any atom is 0.0205 e. The molecule has 1 aromatic carbocycles. The molecular weight excluding hydrogens is 206 g/mol. The van der Waals surface area contributed by atoms with E-state index in [0.29, 0.717) is 0 Å². The largest absolute Gasteiger partial charge is 0.313 e. The van der Waals surface area contributed by atoms with Gasteiger partial charge in [-0.25, -0.2) is 0 Å². The summed E-state index contributed by atoms with van der Waals surface area (Å²) in [6, 6.07) is 8.74. The third-order valence-corrected chi connectivity index (χ3v) is 3.12. The van der Waals surface area contributed by atoms with Gasteiger partial charge in [-0.1, -0.05) is 68.9 Å². The molecule has 0 unspecified atom stereocenters. The minimum absolute atomic E-state index is 1.01. The lowest BCUT2D eigenvalue weighted by molar-refractivity contribution is 0.572. The number of unbranched alkanes of at least 4 members (excludes halogenated alkanes) is 5. The SMILES string of the molecule is CCCCCCCCNCc1cccc(C)c1. The normalized spacial score (nSPS) is 10.7. The Morgan fingerprint density at radius 1 is 1.00 bits per heavy atom. The van der Waals surface area contributed by atoms with Gasteiger partial charge in [-0.2, -0.15) is 0 Å². The smallest absolute Gasteiger partial charge is 0.0205 e. The van der Waals surface area contributed by atoms with Crippen molar-refractivity contribution < 1.29 is 0 Å². The molecular formula is C16H27N. The maximum absolute atomic E-state index is 3.52. The average Bonchev–Trinajstić information content (AvgIpc) is 2.33. The first-order valence-corrected chi connectivity index (χ1v) is 7.09. The first-order valence-electron chi connectivity index (χ1n) is 7.09. The number of hydrogen-bond acceptors (Lipinski definition) is 1. The summed E-state index contributed by atoms with van der Waals surface area (Å²) in [6.45, 7) is 6.58. The van der Waals surface area contributed by atoms with Crippen molar-refractivity contribution in [1.82, 2.24) is 5.32 Å². The number of rotatable bonds is 9. The van der Waals surface area contributed by atoms with Crippen LogP contribution in [0.4, 0.5) is 0 Å². The Bertz CT molecular complexity index is 293. The van der Waals surface area contributed by atoms with Crippen LogP contribution in [0.25, 0.3) is 0 Å². The van der Waals surface area contributed by atoms with Crippen molar-refractivity contribution in [1.29, 1.82) is 0 Å². The summed E-state index contributed by atoms with van der Waals surface area (Å²) < 4.78 is 0. The minimum atomic E-state index is 1.01. The number of aryl methyl sites for hydroxylation is 1. The Morgan fingerprint density at radius 2 is 1.76 bits per heavy atom. The second kappa shape index (κ2) is 9.23. The average molecular weight is 233 g/mol. The van der Waals surface area contributed by atoms with Crippen LogP contribution in [-0.4, -0.2) is 6.54 Å². The molecule has 1 rings (SSSR count). The van der Waals surface area contributed by atoms with Gasteiger partial charge in [0.05, 0.1) is 0 Å². The van der Waals surface area contributed by atoms with E-state index in [-0.39, 0.29) is 0 Å². The molecule has 0 aliphatic carbocycles. The van der Waals surface area contributed by atoms with Gasteiger partial charge in [-0.05, 0) is 25.5 Å². The van der Waals surface area contributed by atoms with Gasteiger partial charge in [-0.3, -0.25) is 0 Å². The first kappa shape index (κ1) is 14.2. The van der Waals surface area contributed by atoms with E-state index in [1.807, 2.05) is 0 Å². The highest BCUT2D eigenvalue weighted by Gasteiger charge is 1.93. The van der Waals surface area contributed by atoms with E-state index < -0.39 is 0 Å². The van der Waals surface area contributed by atoms with E-state index in [2.05, 4.69) is 43.4 Å². The predicted molar refractivity (Wildman–Crippen MR) is 76.3 cm³/mol. The lowest BCUT2D eigenvalue weighted by Crippen LogP contribution is -2.14. The van der Waals surface area contributed by atoms with Gasteiger partial charge in [0, 0.05) is 6.54 Å². The monoisotopic (exact) mass is 233 g/mol. The van der Waals surface area contributed by atoms with E-state index in [4.69, 9.17) is 0 Å². The zero-order valence-electron chi connectivity index (χ0n) is 11.5. The molecule has 0 fully saturated rings. The molecule has 0 aliphatic heterocycles. The number of hydrogen-bond donors (Lipinski definition) is 1. The van der Waals surface area contributed by atoms with Crippen molar-refractivity contribution in [3.63, 3.8) is 0 Å². The zero-order chi connectivity index (χ0) is 12.3. The van der Waals surface area contributed by atoms with E-state index in [0.717, 1.165) is 13.1 Å². The molecule has 17 heavy (non-hydrogen) atoms. The van der Waals surface area contributed by atoms with Crippen molar-refractivity contribution in [2.24, 2.45) is 0 Å². The van der Waals surface area contributed by atoms with Gasteiger partial charge in [-0.15, -0.1) is 0 Å². The van der Waals surface area contributed by atoms with Crippen LogP contribution in [0.15, 0.2) is 24.3 Å². The number of nitrogens with one attached hydrogen (secondary N) is 1. The van der Waals surface area contributed by atoms with Crippen LogP contribution in [0, 0.1) is 6.92 Å². The van der Waals surface area contributed by atoms with Crippen molar-refractivity contribution in [3.05, 3.63) is 35.4 Å². The molecule has 0 saturated heterocycles. The van der Waals surface area contributed by atoms with Crippen LogP contribution in [0.2, 0.25) is 0 Å². The van der Waals surface area contributed by atoms with Crippen molar-refractivity contribution in [2.45, 2.75) is 58.9 Å². The van der Waals surface area contributed by atoms with Gasteiger partial charge in [0.2, 0.25) is 0 Å². The third kappa shape index (κ3) is 7.17. The standard InChI is InChI=1S/C16H27N/c1-3-4-5-6-7-8-12-17-14-16-11-9-10-15(2)13-16/h9-11,13,17H,3-8,12,14H2,1-2H3. The molecule has 1 heteroatoms. The van der Waals surface area contributed by atoms with E-state index in [9.17, 15) is 0 Å². The third-order valence-electron chi connectivity index (χ3n) is 3.12. The van der Waals surface area contributed by atoms with Gasteiger partial charge in [0.25, 0.3) is 0 Å². The van der Waals surface area contributed by atoms with Gasteiger partial charge in [0.1, 0.15) is 0 Å². The van der Waals surface area contributed by atoms with Gasteiger partial charge < -0.3 is 5.32 Å². The fourth-order valence-corrected chi connectivity index (χ4v) is 2.09. The molecule has 96 valence electrons. The van der Waals surface area contributed by atoms with Gasteiger partial charge in [0.15, 0.2) is 0 Å². The van der Waals surface area contributed by atoms with Crippen LogP contribution >= 0.6 is 0 Å². The molecule has 1 nitrogen and oxygen atoms in total. The van der Waals surface area contributed by atoms with Crippen LogP contribution < -0.4 is 5.32 Å². The summed E-state index contributed by atoms with van der Waals surface area (Å²) in [4.78, 5) is 0. The molecule has 1 aromatic rings. The molecule has 0 radical (unpaired) electrons. The van der Waals surface area contributed by atoms with Crippen LogP contribution in [0.5, 0.6) is 0 Å². The van der Waals surface area contributed by atoms with Crippen LogP contribution in [-0.2, 0) is 6.54 Å². The second-order valence-electron chi connectivity index (χ2n) is 4.93. The Kier molecular flexibility index (Phi) is 7.74. The molecule has 0 amide bonds. The summed E-state index contributed by atoms with van der Waals surface area (Å²) in [5, 5.41) is 3.52. The van der Waals surface area contributed by atoms with Gasteiger partial charge >= 0.3 is 0 Å². The molecule has 0 spiro atoms. The highest BCUT2D eigenvalue weighted by Crippen LogP contribution is 2.05. The highest BCUT2D eigenvalue weighted by atomic mass is 14.8. The van der Waals surface area contributed by atoms with Crippen molar-refractivity contribution in [2.75, 3.05) is 6.54 Å². The van der Waals surface area contributed by atoms with E-state index in [1.54, 1.807) is 0 Å². The molecule has 0 aromatic heterocycles. The first-order chi connectivity index (χ1) is 8.33. The molecule has 0 saturated carbocycles. The number of benzene rings is 1. The van der Waals surface area contributed by atoms with Crippen LogP contribution in [0.1, 0.15) is 56.6 Å². The zero-order valence-corrected chi connectivity index (χ0v) is 11.5. The summed E-state index contributed by atoms with van der Waals surface area (Å²) >= 11 is 0. The van der Waals surface area contributed by atoms with Crippen LogP contribution in [0.3, 0.4) is 0 Å². The summed E-state index contributed by atoms with van der Waals surface area (Å²) in [6.07, 6.45) is 8.24. The molecule has 0 heterocycles. The lowest BCUT2D eigenvalue weighted by atomic mass is 10.1. The summed E-state index contributed by atoms with van der Waals surface area (Å²) in [7, 11) is 0. The molecule has 0 aliphatic rings. The molecule has 0 atom stereocenters. The maximum atomic E-state index is 3.52. The van der Waals surface area contributed by atoms with E-state index >= 15 is 0 Å². The summed E-state index contributed by atoms with van der Waals surface area (Å²) in [5.74, 6) is 0. The van der Waals surface area contributed by atoms with Crippen molar-refractivity contribution >= 4 is 0 Å². The topological polar surface area (TPSA) is 12.0 Å². The Labute approximate surface area is 107 Å². The fourth-order valence-electron chi connectivity index (χ4n) is 2.09. The fraction of sp³-hybridized carbons (Fsp3) is 0.625. The predicted octanol–water partition coefficient (Wildman–Crippen LogP) is 4.45. The molecule has 1 N–H and O–H groups in total. The Hall–Kier alpha value is -0.820. The molecule has 0 bridgehead atoms. The van der Waals surface area contributed by atoms with E-state index in [1.165, 1.54) is 49.7 Å². The Balaban J connectivity index is 1.97. The summed E-state index contributed by atoms with van der Waals surface area (Å²) in [5.41, 5.74) is 2.75. The lowest BCUT2D eigenvalue weighted by Gasteiger charge is -2.05. The minimum Gasteiger partial charge on any atom is -0.313 e. The second-order valence-corrected chi connectivity index (χ2v) is 4.93.